The standard InChI is InChI=1S/C15H17FN4O/c1-17-14-5-7-20-10-13(18-15(20)19-14)11-3-2-4-12(9-11)21-8-6-16/h2-5,7,9-10,14,17H,6,8H2,1H3,(H,18,19). The van der Waals surface area contributed by atoms with Crippen molar-refractivity contribution in [3.8, 4) is 17.0 Å². The number of hydrogen-bond donors (Lipinski definition) is 2. The third-order valence-corrected chi connectivity index (χ3v) is 3.24. The van der Waals surface area contributed by atoms with Gasteiger partial charge in [-0.3, -0.25) is 9.88 Å². The molecule has 5 nitrogen and oxygen atoms in total. The molecule has 1 aromatic carbocycles. The first-order chi connectivity index (χ1) is 10.3. The highest BCUT2D eigenvalue weighted by molar-refractivity contribution is 5.65. The first-order valence-electron chi connectivity index (χ1n) is 6.80. The minimum atomic E-state index is -0.497. The fourth-order valence-corrected chi connectivity index (χ4v) is 2.19. The quantitative estimate of drug-likeness (QED) is 0.886. The van der Waals surface area contributed by atoms with Crippen LogP contribution in [0.2, 0.25) is 0 Å². The molecule has 2 aromatic rings. The van der Waals surface area contributed by atoms with Gasteiger partial charge in [0.25, 0.3) is 0 Å². The molecule has 0 aliphatic carbocycles. The van der Waals surface area contributed by atoms with Crippen molar-refractivity contribution in [1.82, 2.24) is 14.9 Å². The number of hydrogen-bond acceptors (Lipinski definition) is 4. The number of likely N-dealkylation sites (N-methyl/N-ethyl adjacent to an activating group) is 1. The maximum atomic E-state index is 12.2. The molecule has 0 saturated heterocycles. The minimum Gasteiger partial charge on any atom is -0.491 e. The molecule has 110 valence electrons. The van der Waals surface area contributed by atoms with Crippen LogP contribution in [0.3, 0.4) is 0 Å². The Balaban J connectivity index is 1.85. The summed E-state index contributed by atoms with van der Waals surface area (Å²) in [4.78, 5) is 4.57. The second-order valence-corrected chi connectivity index (χ2v) is 4.67. The number of nitrogens with zero attached hydrogens (tertiary/aromatic N) is 2. The molecule has 0 saturated carbocycles. The minimum absolute atomic E-state index is 0.0668. The molecule has 21 heavy (non-hydrogen) atoms. The van der Waals surface area contributed by atoms with Crippen molar-refractivity contribution in [3.63, 3.8) is 0 Å². The van der Waals surface area contributed by atoms with Crippen molar-refractivity contribution in [2.45, 2.75) is 6.17 Å². The Bertz CT molecular complexity index is 653. The third-order valence-electron chi connectivity index (χ3n) is 3.24. The summed E-state index contributed by atoms with van der Waals surface area (Å²) in [6.07, 6.45) is 6.00. The fourth-order valence-electron chi connectivity index (χ4n) is 2.19. The van der Waals surface area contributed by atoms with E-state index in [0.29, 0.717) is 5.75 Å². The van der Waals surface area contributed by atoms with Gasteiger partial charge >= 0.3 is 0 Å². The lowest BCUT2D eigenvalue weighted by molar-refractivity contribution is 0.273. The largest absolute Gasteiger partial charge is 0.491 e. The van der Waals surface area contributed by atoms with Crippen LogP contribution in [0.5, 0.6) is 5.75 Å². The van der Waals surface area contributed by atoms with Gasteiger partial charge in [0.15, 0.2) is 0 Å². The van der Waals surface area contributed by atoms with Crippen LogP contribution in [0.15, 0.2) is 36.5 Å². The van der Waals surface area contributed by atoms with Gasteiger partial charge in [-0.2, -0.15) is 0 Å². The number of nitrogens with one attached hydrogen (secondary N) is 2. The Morgan fingerprint density at radius 3 is 3.19 bits per heavy atom. The van der Waals surface area contributed by atoms with Gasteiger partial charge in [-0.25, -0.2) is 9.37 Å². The molecule has 2 N–H and O–H groups in total. The van der Waals surface area contributed by atoms with E-state index >= 15 is 0 Å². The van der Waals surface area contributed by atoms with E-state index < -0.39 is 6.67 Å². The molecule has 0 spiro atoms. The third kappa shape index (κ3) is 2.90. The number of anilines is 1. The van der Waals surface area contributed by atoms with Crippen LogP contribution >= 0.6 is 0 Å². The van der Waals surface area contributed by atoms with Gasteiger partial charge in [-0.15, -0.1) is 0 Å². The van der Waals surface area contributed by atoms with E-state index in [1.54, 1.807) is 0 Å². The second kappa shape index (κ2) is 5.97. The predicted octanol–water partition coefficient (Wildman–Crippen LogP) is 2.34. The second-order valence-electron chi connectivity index (χ2n) is 4.67. The Hall–Kier alpha value is -2.34. The molecule has 1 aliphatic rings. The van der Waals surface area contributed by atoms with Crippen LogP contribution in [0.4, 0.5) is 10.3 Å². The summed E-state index contributed by atoms with van der Waals surface area (Å²) in [5.41, 5.74) is 1.77. The molecule has 0 fully saturated rings. The molecular weight excluding hydrogens is 271 g/mol. The van der Waals surface area contributed by atoms with Crippen molar-refractivity contribution in [1.29, 1.82) is 0 Å². The number of ether oxygens (including phenoxy) is 1. The smallest absolute Gasteiger partial charge is 0.209 e. The molecule has 1 aromatic heterocycles. The van der Waals surface area contributed by atoms with Gasteiger partial charge in [0, 0.05) is 18.0 Å². The average Bonchev–Trinajstić information content (AvgIpc) is 2.96. The van der Waals surface area contributed by atoms with E-state index in [0.717, 1.165) is 17.2 Å². The number of alkyl halides is 1. The lowest BCUT2D eigenvalue weighted by Crippen LogP contribution is -2.34. The van der Waals surface area contributed by atoms with Crippen LogP contribution in [-0.2, 0) is 0 Å². The maximum Gasteiger partial charge on any atom is 0.209 e. The molecular formula is C15H17FN4O. The topological polar surface area (TPSA) is 51.1 Å². The summed E-state index contributed by atoms with van der Waals surface area (Å²) in [6.45, 7) is -0.430. The van der Waals surface area contributed by atoms with E-state index in [1.807, 2.05) is 54.4 Å². The van der Waals surface area contributed by atoms with Crippen LogP contribution in [0, 0.1) is 0 Å². The highest BCUT2D eigenvalue weighted by Gasteiger charge is 2.14. The van der Waals surface area contributed by atoms with Crippen molar-refractivity contribution >= 4 is 12.1 Å². The summed E-state index contributed by atoms with van der Waals surface area (Å²) >= 11 is 0. The summed E-state index contributed by atoms with van der Waals surface area (Å²) < 4.78 is 19.4. The SMILES string of the molecule is CNC1C=Cn2cc(-c3cccc(OCCF)c3)nc2N1. The Morgan fingerprint density at radius 2 is 2.38 bits per heavy atom. The van der Waals surface area contributed by atoms with Crippen LogP contribution in [0.1, 0.15) is 0 Å². The lowest BCUT2D eigenvalue weighted by Gasteiger charge is -2.18. The molecule has 6 heteroatoms. The van der Waals surface area contributed by atoms with Crippen LogP contribution in [0.25, 0.3) is 17.5 Å². The monoisotopic (exact) mass is 288 g/mol. The number of imidazole rings is 1. The Kier molecular flexibility index (Phi) is 3.87. The zero-order valence-electron chi connectivity index (χ0n) is 11.7. The molecule has 1 unspecified atom stereocenters. The highest BCUT2D eigenvalue weighted by atomic mass is 19.1. The molecule has 2 heterocycles. The fraction of sp³-hybridized carbons (Fsp3) is 0.267. The summed E-state index contributed by atoms with van der Waals surface area (Å²) in [6, 6.07) is 7.50. The number of fused-ring (bicyclic) bond motifs is 1. The average molecular weight is 288 g/mol. The normalized spacial score (nSPS) is 16.4. The van der Waals surface area contributed by atoms with Crippen molar-refractivity contribution in [2.75, 3.05) is 25.6 Å². The molecule has 1 aliphatic heterocycles. The van der Waals surface area contributed by atoms with Crippen molar-refractivity contribution < 1.29 is 9.13 Å². The first kappa shape index (κ1) is 13.6. The molecule has 0 bridgehead atoms. The van der Waals surface area contributed by atoms with E-state index in [4.69, 9.17) is 4.74 Å². The molecule has 0 amide bonds. The van der Waals surface area contributed by atoms with Gasteiger partial charge in [-0.1, -0.05) is 12.1 Å². The lowest BCUT2D eigenvalue weighted by atomic mass is 10.1. The Morgan fingerprint density at radius 1 is 1.48 bits per heavy atom. The summed E-state index contributed by atoms with van der Waals surface area (Å²) in [7, 11) is 1.88. The Labute approximate surface area is 122 Å². The molecule has 3 rings (SSSR count). The predicted molar refractivity (Wildman–Crippen MR) is 80.9 cm³/mol. The first-order valence-corrected chi connectivity index (χ1v) is 6.80. The van der Waals surface area contributed by atoms with Gasteiger partial charge in [0.2, 0.25) is 5.95 Å². The summed E-state index contributed by atoms with van der Waals surface area (Å²) in [5.74, 6) is 1.43. The van der Waals surface area contributed by atoms with Crippen molar-refractivity contribution in [3.05, 3.63) is 36.5 Å². The van der Waals surface area contributed by atoms with Crippen LogP contribution in [-0.4, -0.2) is 36.0 Å². The zero-order valence-corrected chi connectivity index (χ0v) is 11.7. The zero-order chi connectivity index (χ0) is 14.7. The molecule has 1 atom stereocenters. The van der Waals surface area contributed by atoms with Crippen LogP contribution < -0.4 is 15.4 Å². The molecule has 0 radical (unpaired) electrons. The number of aromatic nitrogens is 2. The number of benzene rings is 1. The van der Waals surface area contributed by atoms with Gasteiger partial charge in [0.05, 0.1) is 5.69 Å². The highest BCUT2D eigenvalue weighted by Crippen LogP contribution is 2.26. The van der Waals surface area contributed by atoms with E-state index in [-0.39, 0.29) is 12.8 Å². The van der Waals surface area contributed by atoms with E-state index in [2.05, 4.69) is 15.6 Å². The maximum absolute atomic E-state index is 12.2. The van der Waals surface area contributed by atoms with E-state index in [9.17, 15) is 4.39 Å². The number of rotatable bonds is 5. The van der Waals surface area contributed by atoms with Crippen molar-refractivity contribution in [2.24, 2.45) is 0 Å². The van der Waals surface area contributed by atoms with Gasteiger partial charge in [-0.05, 0) is 25.3 Å². The summed E-state index contributed by atoms with van der Waals surface area (Å²) in [5, 5.41) is 6.38. The van der Waals surface area contributed by atoms with E-state index in [1.165, 1.54) is 0 Å². The van der Waals surface area contributed by atoms with Gasteiger partial charge in [0.1, 0.15) is 25.2 Å². The van der Waals surface area contributed by atoms with Gasteiger partial charge < -0.3 is 10.1 Å². The number of halogens is 1.